The molecular weight excluding hydrogens is 178 g/mol. The maximum atomic E-state index is 10.7. The second kappa shape index (κ2) is 7.80. The molecule has 0 aliphatic heterocycles. The first-order chi connectivity index (χ1) is 6.61. The maximum Gasteiger partial charge on any atom is 0.320 e. The van der Waals surface area contributed by atoms with Crippen LogP contribution in [0.1, 0.15) is 52.9 Å². The van der Waals surface area contributed by atoms with Crippen molar-refractivity contribution in [2.24, 2.45) is 0 Å². The van der Waals surface area contributed by atoms with Gasteiger partial charge in [-0.15, -0.1) is 0 Å². The Bertz CT molecular complexity index is 159. The van der Waals surface area contributed by atoms with Crippen LogP contribution in [-0.2, 0) is 4.79 Å². The number of carbonyl (C=O) groups is 1. The molecule has 0 saturated carbocycles. The molecule has 0 aromatic heterocycles. The van der Waals surface area contributed by atoms with Crippen molar-refractivity contribution in [2.75, 3.05) is 0 Å². The first-order valence-corrected chi connectivity index (χ1v) is 5.60. The molecule has 2 N–H and O–H groups in total. The fourth-order valence-corrected chi connectivity index (χ4v) is 1.53. The normalized spacial score (nSPS) is 15.1. The van der Waals surface area contributed by atoms with Crippen LogP contribution in [0.2, 0.25) is 0 Å². The van der Waals surface area contributed by atoms with E-state index in [1.165, 1.54) is 12.8 Å². The lowest BCUT2D eigenvalue weighted by atomic mass is 10.0. The number of rotatable bonds is 8. The highest BCUT2D eigenvalue weighted by Crippen LogP contribution is 2.07. The molecule has 0 spiro atoms. The molecule has 0 aliphatic carbocycles. The van der Waals surface area contributed by atoms with E-state index in [-0.39, 0.29) is 0 Å². The fraction of sp³-hybridized carbons (Fsp3) is 0.909. The van der Waals surface area contributed by atoms with Gasteiger partial charge < -0.3 is 10.4 Å². The van der Waals surface area contributed by atoms with Gasteiger partial charge in [0.1, 0.15) is 6.04 Å². The highest BCUT2D eigenvalue weighted by atomic mass is 16.4. The van der Waals surface area contributed by atoms with Crippen LogP contribution in [0, 0.1) is 0 Å². The predicted octanol–water partition coefficient (Wildman–Crippen LogP) is 2.41. The Balaban J connectivity index is 3.87. The predicted molar refractivity (Wildman–Crippen MR) is 58.5 cm³/mol. The van der Waals surface area contributed by atoms with Gasteiger partial charge in [-0.3, -0.25) is 4.79 Å². The summed E-state index contributed by atoms with van der Waals surface area (Å²) in [6.45, 7) is 5.99. The summed E-state index contributed by atoms with van der Waals surface area (Å²) in [6.07, 6.45) is 5.60. The molecule has 3 nitrogen and oxygen atoms in total. The quantitative estimate of drug-likeness (QED) is 0.634. The van der Waals surface area contributed by atoms with Crippen molar-refractivity contribution in [1.82, 2.24) is 5.32 Å². The number of unbranched alkanes of at least 4 members (excludes halogenated alkanes) is 1. The smallest absolute Gasteiger partial charge is 0.320 e. The van der Waals surface area contributed by atoms with Crippen LogP contribution in [-0.4, -0.2) is 23.2 Å². The standard InChI is InChI=1S/C11H23NO2/c1-4-6-8-10(7-5-2)12-9(3)11(13)14/h9-10,12H,4-8H2,1-3H3,(H,13,14). The van der Waals surface area contributed by atoms with Crippen LogP contribution in [0.5, 0.6) is 0 Å². The minimum atomic E-state index is -0.761. The highest BCUT2D eigenvalue weighted by Gasteiger charge is 2.15. The third kappa shape index (κ3) is 5.97. The van der Waals surface area contributed by atoms with E-state index in [1.54, 1.807) is 6.92 Å². The third-order valence-electron chi connectivity index (χ3n) is 2.40. The molecule has 0 amide bonds. The zero-order valence-corrected chi connectivity index (χ0v) is 9.55. The van der Waals surface area contributed by atoms with E-state index in [0.29, 0.717) is 6.04 Å². The van der Waals surface area contributed by atoms with Gasteiger partial charge in [-0.05, 0) is 19.8 Å². The summed E-state index contributed by atoms with van der Waals surface area (Å²) in [4.78, 5) is 10.7. The number of hydrogen-bond donors (Lipinski definition) is 2. The van der Waals surface area contributed by atoms with Crippen molar-refractivity contribution >= 4 is 5.97 Å². The average Bonchev–Trinajstić information content (AvgIpc) is 2.14. The Morgan fingerprint density at radius 2 is 1.93 bits per heavy atom. The van der Waals surface area contributed by atoms with Crippen molar-refractivity contribution in [1.29, 1.82) is 0 Å². The van der Waals surface area contributed by atoms with Gasteiger partial charge in [0.05, 0.1) is 0 Å². The van der Waals surface area contributed by atoms with Gasteiger partial charge in [-0.1, -0.05) is 33.1 Å². The molecule has 2 unspecified atom stereocenters. The summed E-state index contributed by atoms with van der Waals surface area (Å²) in [5, 5.41) is 11.9. The molecule has 3 heteroatoms. The van der Waals surface area contributed by atoms with Gasteiger partial charge in [0, 0.05) is 6.04 Å². The second-order valence-electron chi connectivity index (χ2n) is 3.85. The number of nitrogens with one attached hydrogen (secondary N) is 1. The molecule has 14 heavy (non-hydrogen) atoms. The summed E-state index contributed by atoms with van der Waals surface area (Å²) < 4.78 is 0. The summed E-state index contributed by atoms with van der Waals surface area (Å²) >= 11 is 0. The lowest BCUT2D eigenvalue weighted by Crippen LogP contribution is -2.41. The monoisotopic (exact) mass is 201 g/mol. The Morgan fingerprint density at radius 3 is 2.36 bits per heavy atom. The maximum absolute atomic E-state index is 10.7. The molecule has 0 saturated heterocycles. The first-order valence-electron chi connectivity index (χ1n) is 5.60. The molecule has 0 aromatic rings. The summed E-state index contributed by atoms with van der Waals surface area (Å²) in [7, 11) is 0. The lowest BCUT2D eigenvalue weighted by Gasteiger charge is -2.20. The van der Waals surface area contributed by atoms with Crippen LogP contribution >= 0.6 is 0 Å². The van der Waals surface area contributed by atoms with E-state index in [4.69, 9.17) is 5.11 Å². The molecular formula is C11H23NO2. The van der Waals surface area contributed by atoms with Crippen molar-refractivity contribution in [3.63, 3.8) is 0 Å². The van der Waals surface area contributed by atoms with Gasteiger partial charge in [-0.2, -0.15) is 0 Å². The van der Waals surface area contributed by atoms with Crippen molar-refractivity contribution in [3.05, 3.63) is 0 Å². The molecule has 0 radical (unpaired) electrons. The Morgan fingerprint density at radius 1 is 1.29 bits per heavy atom. The number of carboxylic acid groups (broad SMARTS) is 1. The molecule has 84 valence electrons. The minimum Gasteiger partial charge on any atom is -0.480 e. The number of aliphatic carboxylic acids is 1. The van der Waals surface area contributed by atoms with Gasteiger partial charge >= 0.3 is 5.97 Å². The summed E-state index contributed by atoms with van der Waals surface area (Å²) in [6, 6.07) is -0.0607. The van der Waals surface area contributed by atoms with Crippen molar-refractivity contribution in [3.8, 4) is 0 Å². The van der Waals surface area contributed by atoms with E-state index in [0.717, 1.165) is 19.3 Å². The number of carboxylic acids is 1. The molecule has 0 rings (SSSR count). The van der Waals surface area contributed by atoms with Gasteiger partial charge in [-0.25, -0.2) is 0 Å². The molecule has 0 aliphatic rings. The highest BCUT2D eigenvalue weighted by molar-refractivity contribution is 5.72. The van der Waals surface area contributed by atoms with Gasteiger partial charge in [0.2, 0.25) is 0 Å². The fourth-order valence-electron chi connectivity index (χ4n) is 1.53. The Labute approximate surface area is 86.9 Å². The molecule has 0 aromatic carbocycles. The minimum absolute atomic E-state index is 0.367. The van der Waals surface area contributed by atoms with Crippen LogP contribution in [0.4, 0.5) is 0 Å². The van der Waals surface area contributed by atoms with E-state index < -0.39 is 12.0 Å². The molecule has 0 fully saturated rings. The third-order valence-corrected chi connectivity index (χ3v) is 2.40. The Hall–Kier alpha value is -0.570. The summed E-state index contributed by atoms with van der Waals surface area (Å²) in [5.74, 6) is -0.761. The largest absolute Gasteiger partial charge is 0.480 e. The van der Waals surface area contributed by atoms with E-state index in [9.17, 15) is 4.79 Å². The lowest BCUT2D eigenvalue weighted by molar-refractivity contribution is -0.139. The molecule has 2 atom stereocenters. The second-order valence-corrected chi connectivity index (χ2v) is 3.85. The van der Waals surface area contributed by atoms with Crippen LogP contribution in [0.15, 0.2) is 0 Å². The van der Waals surface area contributed by atoms with Gasteiger partial charge in [0.15, 0.2) is 0 Å². The van der Waals surface area contributed by atoms with Crippen LogP contribution < -0.4 is 5.32 Å². The number of hydrogen-bond acceptors (Lipinski definition) is 2. The van der Waals surface area contributed by atoms with Crippen LogP contribution in [0.25, 0.3) is 0 Å². The molecule has 0 bridgehead atoms. The molecule has 0 heterocycles. The van der Waals surface area contributed by atoms with Gasteiger partial charge in [0.25, 0.3) is 0 Å². The van der Waals surface area contributed by atoms with Crippen molar-refractivity contribution < 1.29 is 9.90 Å². The zero-order valence-electron chi connectivity index (χ0n) is 9.55. The van der Waals surface area contributed by atoms with Crippen molar-refractivity contribution in [2.45, 2.75) is 65.0 Å². The first kappa shape index (κ1) is 13.4. The van der Waals surface area contributed by atoms with E-state index >= 15 is 0 Å². The van der Waals surface area contributed by atoms with Crippen LogP contribution in [0.3, 0.4) is 0 Å². The zero-order chi connectivity index (χ0) is 11.0. The Kier molecular flexibility index (Phi) is 7.48. The SMILES string of the molecule is CCCCC(CCC)NC(C)C(=O)O. The topological polar surface area (TPSA) is 49.3 Å². The van der Waals surface area contributed by atoms with E-state index in [1.807, 2.05) is 0 Å². The average molecular weight is 201 g/mol. The summed E-state index contributed by atoms with van der Waals surface area (Å²) in [5.41, 5.74) is 0. The van der Waals surface area contributed by atoms with E-state index in [2.05, 4.69) is 19.2 Å².